The Kier molecular flexibility index (Phi) is 8.85. The molecule has 40 heavy (non-hydrogen) atoms. The van der Waals surface area contributed by atoms with Gasteiger partial charge in [-0.05, 0) is 85.9 Å². The lowest BCUT2D eigenvalue weighted by Gasteiger charge is -2.39. The van der Waals surface area contributed by atoms with E-state index >= 15 is 0 Å². The number of carboxylic acids is 1. The molecule has 1 saturated heterocycles. The number of carbonyl (C=O) groups is 1. The molecule has 1 heterocycles. The molecule has 220 valence electrons. The second-order valence-corrected chi connectivity index (χ2v) is 11.1. The van der Waals surface area contributed by atoms with E-state index in [1.54, 1.807) is 12.1 Å². The average molecular weight is 576 g/mol. The Morgan fingerprint density at radius 1 is 0.975 bits per heavy atom. The number of hydrogen-bond acceptors (Lipinski definition) is 3. The first-order valence-corrected chi connectivity index (χ1v) is 13.3. The van der Waals surface area contributed by atoms with E-state index in [-0.39, 0.29) is 23.5 Å². The van der Waals surface area contributed by atoms with Crippen LogP contribution in [0.2, 0.25) is 0 Å². The fraction of sp³-hybridized carbons (Fsp3) is 0.552. The summed E-state index contributed by atoms with van der Waals surface area (Å²) in [6.07, 6.45) is -9.26. The number of aliphatic carboxylic acids is 1. The fourth-order valence-electron chi connectivity index (χ4n) is 6.15. The fourth-order valence-corrected chi connectivity index (χ4v) is 6.15. The third-order valence-electron chi connectivity index (χ3n) is 8.12. The van der Waals surface area contributed by atoms with Gasteiger partial charge in [-0.15, -0.1) is 0 Å². The minimum atomic E-state index is -4.98. The largest absolute Gasteiger partial charge is 0.480 e. The maximum Gasteiger partial charge on any atom is 0.416 e. The Hall–Kier alpha value is -2.66. The van der Waals surface area contributed by atoms with Crippen LogP contribution in [0.3, 0.4) is 0 Å². The Morgan fingerprint density at radius 2 is 1.57 bits per heavy atom. The molecular weight excluding hydrogens is 543 g/mol. The molecule has 1 N–H and O–H groups in total. The van der Waals surface area contributed by atoms with E-state index in [1.807, 2.05) is 4.90 Å². The normalized spacial score (nSPS) is 27.1. The lowest BCUT2D eigenvalue weighted by Crippen LogP contribution is -2.49. The molecule has 0 spiro atoms. The number of benzene rings is 2. The van der Waals surface area contributed by atoms with E-state index in [1.165, 1.54) is 19.1 Å². The van der Waals surface area contributed by atoms with Gasteiger partial charge in [0, 0.05) is 19.0 Å². The average Bonchev–Trinajstić information content (AvgIpc) is 3.24. The van der Waals surface area contributed by atoms with Gasteiger partial charge in [0.05, 0.1) is 23.3 Å². The zero-order valence-electron chi connectivity index (χ0n) is 22.1. The molecule has 0 amide bonds. The van der Waals surface area contributed by atoms with Crippen LogP contribution >= 0.6 is 0 Å². The van der Waals surface area contributed by atoms with Gasteiger partial charge in [-0.1, -0.05) is 19.1 Å². The molecule has 2 aliphatic rings. The SMILES string of the molecule is C[C@H]1CC[C@@H](C(=O)O)N(C[C@@H]2CC[C@H](O[C@H](C)c3cc(C(F)(F)F)cc(C(F)(F)F)c3)[C@H]2c2ccc(F)cc2)C1. The third-order valence-corrected chi connectivity index (χ3v) is 8.12. The van der Waals surface area contributed by atoms with Gasteiger partial charge in [-0.25, -0.2) is 4.39 Å². The molecule has 0 bridgehead atoms. The predicted octanol–water partition coefficient (Wildman–Crippen LogP) is 7.69. The zero-order chi connectivity index (χ0) is 29.4. The van der Waals surface area contributed by atoms with Crippen molar-refractivity contribution >= 4 is 5.97 Å². The highest BCUT2D eigenvalue weighted by molar-refractivity contribution is 5.73. The van der Waals surface area contributed by atoms with Crippen molar-refractivity contribution in [2.24, 2.45) is 11.8 Å². The maximum atomic E-state index is 13.7. The summed E-state index contributed by atoms with van der Waals surface area (Å²) >= 11 is 0. The predicted molar refractivity (Wildman–Crippen MR) is 133 cm³/mol. The summed E-state index contributed by atoms with van der Waals surface area (Å²) in [6.45, 7) is 4.49. The van der Waals surface area contributed by atoms with Crippen LogP contribution in [0.15, 0.2) is 42.5 Å². The van der Waals surface area contributed by atoms with Crippen LogP contribution in [0.1, 0.15) is 73.8 Å². The standard InChI is InChI=1S/C29H32F7NO3/c1-16-3-9-24(27(38)39)37(14-16)15-19-6-10-25(26(19)18-4-7-23(30)8-5-18)40-17(2)20-11-21(28(31,32)33)13-22(12-20)29(34,35)36/h4-5,7-8,11-13,16-17,19,24-26H,3,6,9-10,14-15H2,1-2H3,(H,38,39)/t16-,17+,19-,24-,25-,26-/m0/s1. The molecular formula is C29H32F7NO3. The monoisotopic (exact) mass is 575 g/mol. The van der Waals surface area contributed by atoms with Crippen LogP contribution in [-0.4, -0.2) is 41.2 Å². The van der Waals surface area contributed by atoms with Crippen LogP contribution in [0.5, 0.6) is 0 Å². The van der Waals surface area contributed by atoms with Gasteiger partial charge in [-0.3, -0.25) is 9.69 Å². The molecule has 0 unspecified atom stereocenters. The number of ether oxygens (including phenoxy) is 1. The number of hydrogen-bond donors (Lipinski definition) is 1. The smallest absolute Gasteiger partial charge is 0.416 e. The quantitative estimate of drug-likeness (QED) is 0.344. The number of rotatable bonds is 7. The second-order valence-electron chi connectivity index (χ2n) is 11.1. The molecule has 4 rings (SSSR count). The Labute approximate surface area is 228 Å². The number of halogens is 7. The molecule has 0 aromatic heterocycles. The molecule has 2 aromatic carbocycles. The van der Waals surface area contributed by atoms with Crippen LogP contribution < -0.4 is 0 Å². The van der Waals surface area contributed by atoms with Crippen molar-refractivity contribution in [3.05, 3.63) is 70.5 Å². The van der Waals surface area contributed by atoms with Crippen LogP contribution in [-0.2, 0) is 21.9 Å². The Balaban J connectivity index is 1.62. The van der Waals surface area contributed by atoms with Crippen molar-refractivity contribution in [3.63, 3.8) is 0 Å². The molecule has 1 aliphatic carbocycles. The van der Waals surface area contributed by atoms with E-state index in [9.17, 15) is 40.6 Å². The van der Waals surface area contributed by atoms with Gasteiger partial charge in [0.25, 0.3) is 0 Å². The minimum absolute atomic E-state index is 0.0849. The first kappa shape index (κ1) is 30.3. The van der Waals surface area contributed by atoms with Gasteiger partial charge < -0.3 is 9.84 Å². The van der Waals surface area contributed by atoms with Gasteiger partial charge in [0.15, 0.2) is 0 Å². The summed E-state index contributed by atoms with van der Waals surface area (Å²) in [5.74, 6) is -1.53. The lowest BCUT2D eigenvalue weighted by atomic mass is 9.85. The number of likely N-dealkylation sites (tertiary alicyclic amines) is 1. The van der Waals surface area contributed by atoms with Crippen molar-refractivity contribution in [1.82, 2.24) is 4.90 Å². The Morgan fingerprint density at radius 3 is 2.12 bits per heavy atom. The van der Waals surface area contributed by atoms with Crippen LogP contribution in [0, 0.1) is 17.7 Å². The zero-order valence-corrected chi connectivity index (χ0v) is 22.1. The third kappa shape index (κ3) is 6.97. The summed E-state index contributed by atoms with van der Waals surface area (Å²) in [4.78, 5) is 13.9. The summed E-state index contributed by atoms with van der Waals surface area (Å²) < 4.78 is 100. The first-order chi connectivity index (χ1) is 18.6. The van der Waals surface area contributed by atoms with Crippen molar-refractivity contribution < 1.29 is 45.4 Å². The van der Waals surface area contributed by atoms with Crippen molar-refractivity contribution in [2.45, 2.75) is 76.1 Å². The molecule has 1 saturated carbocycles. The van der Waals surface area contributed by atoms with E-state index < -0.39 is 53.5 Å². The highest BCUT2D eigenvalue weighted by Crippen LogP contribution is 2.45. The van der Waals surface area contributed by atoms with Crippen LogP contribution in [0.4, 0.5) is 30.7 Å². The van der Waals surface area contributed by atoms with Gasteiger partial charge >= 0.3 is 18.3 Å². The summed E-state index contributed by atoms with van der Waals surface area (Å²) in [5.41, 5.74) is -2.35. The summed E-state index contributed by atoms with van der Waals surface area (Å²) in [7, 11) is 0. The number of alkyl halides is 6. The number of piperidine rings is 1. The van der Waals surface area contributed by atoms with Gasteiger partial charge in [-0.2, -0.15) is 26.3 Å². The number of carboxylic acid groups (broad SMARTS) is 1. The molecule has 11 heteroatoms. The lowest BCUT2D eigenvalue weighted by molar-refractivity contribution is -0.146. The van der Waals surface area contributed by atoms with E-state index in [4.69, 9.17) is 4.74 Å². The molecule has 2 fully saturated rings. The van der Waals surface area contributed by atoms with Crippen molar-refractivity contribution in [3.8, 4) is 0 Å². The first-order valence-electron chi connectivity index (χ1n) is 13.3. The van der Waals surface area contributed by atoms with E-state index in [2.05, 4.69) is 6.92 Å². The van der Waals surface area contributed by atoms with Gasteiger partial charge in [0.2, 0.25) is 0 Å². The Bertz CT molecular complexity index is 1150. The van der Waals surface area contributed by atoms with E-state index in [0.717, 1.165) is 12.0 Å². The van der Waals surface area contributed by atoms with Crippen molar-refractivity contribution in [2.75, 3.05) is 13.1 Å². The highest BCUT2D eigenvalue weighted by atomic mass is 19.4. The molecule has 2 aromatic rings. The molecule has 1 aliphatic heterocycles. The van der Waals surface area contributed by atoms with E-state index in [0.29, 0.717) is 50.4 Å². The molecule has 4 nitrogen and oxygen atoms in total. The van der Waals surface area contributed by atoms with Gasteiger partial charge in [0.1, 0.15) is 11.9 Å². The topological polar surface area (TPSA) is 49.8 Å². The second kappa shape index (κ2) is 11.7. The van der Waals surface area contributed by atoms with Crippen LogP contribution in [0.25, 0.3) is 0 Å². The molecule has 0 radical (unpaired) electrons. The highest BCUT2D eigenvalue weighted by Gasteiger charge is 2.43. The molecule has 6 atom stereocenters. The maximum absolute atomic E-state index is 13.7. The van der Waals surface area contributed by atoms with Crippen molar-refractivity contribution in [1.29, 1.82) is 0 Å². The summed E-state index contributed by atoms with van der Waals surface area (Å²) in [6, 6.07) is 6.56. The summed E-state index contributed by atoms with van der Waals surface area (Å²) in [5, 5.41) is 9.77. The number of nitrogens with zero attached hydrogens (tertiary/aromatic N) is 1. The minimum Gasteiger partial charge on any atom is -0.480 e.